The Morgan fingerprint density at radius 2 is 1.86 bits per heavy atom. The summed E-state index contributed by atoms with van der Waals surface area (Å²) in [4.78, 5) is 19.6. The fraction of sp³-hybridized carbons (Fsp3) is 0.300. The number of nitrogens with zero attached hydrogens (tertiary/aromatic N) is 2. The van der Waals surface area contributed by atoms with Crippen LogP contribution in [0, 0.1) is 13.8 Å². The number of aryl methyl sites for hydroxylation is 2. The molecule has 1 aromatic heterocycles. The van der Waals surface area contributed by atoms with Crippen molar-refractivity contribution in [3.05, 3.63) is 69.8 Å². The van der Waals surface area contributed by atoms with Crippen molar-refractivity contribution in [2.24, 2.45) is 0 Å². The average molecular weight is 401 g/mol. The highest BCUT2D eigenvalue weighted by Gasteiger charge is 2.26. The van der Waals surface area contributed by atoms with Gasteiger partial charge in [-0.05, 0) is 49.2 Å². The van der Waals surface area contributed by atoms with E-state index in [1.807, 2.05) is 13.8 Å². The largest absolute Gasteiger partial charge is 0.383 e. The number of nitrogens with one attached hydrogen (secondary N) is 1. The fourth-order valence-electron chi connectivity index (χ4n) is 2.88. The van der Waals surface area contributed by atoms with Gasteiger partial charge in [-0.15, -0.1) is 0 Å². The Balaban J connectivity index is 2.00. The predicted octanol–water partition coefficient (Wildman–Crippen LogP) is 2.38. The molecule has 1 heterocycles. The maximum atomic E-state index is 13.2. The van der Waals surface area contributed by atoms with E-state index in [4.69, 9.17) is 4.74 Å². The number of hydrogen-bond donors (Lipinski definition) is 1. The molecule has 0 atom stereocenters. The molecule has 0 bridgehead atoms. The standard InChI is InChI=1S/C20H23N3O4S/c1-14-8-9-16(12-15(14)2)28(25,26)23(10-11-27-3)13-19-21-18-7-5-4-6-17(18)20(24)22-19/h4-9,12H,10-11,13H2,1-3H3,(H,21,22,24). The topological polar surface area (TPSA) is 92.4 Å². The Morgan fingerprint density at radius 1 is 1.11 bits per heavy atom. The molecule has 2 aromatic carbocycles. The van der Waals surface area contributed by atoms with Crippen molar-refractivity contribution >= 4 is 20.9 Å². The van der Waals surface area contributed by atoms with Gasteiger partial charge < -0.3 is 9.72 Å². The minimum atomic E-state index is -3.79. The normalized spacial score (nSPS) is 12.0. The maximum absolute atomic E-state index is 13.2. The zero-order chi connectivity index (χ0) is 20.3. The summed E-state index contributed by atoms with van der Waals surface area (Å²) >= 11 is 0. The molecular weight excluding hydrogens is 378 g/mol. The SMILES string of the molecule is COCCN(Cc1nc2ccccc2c(=O)[nH]1)S(=O)(=O)c1ccc(C)c(C)c1. The van der Waals surface area contributed by atoms with Crippen LogP contribution in [0.2, 0.25) is 0 Å². The molecule has 0 amide bonds. The molecule has 8 heteroatoms. The predicted molar refractivity (Wildman–Crippen MR) is 108 cm³/mol. The molecule has 7 nitrogen and oxygen atoms in total. The smallest absolute Gasteiger partial charge is 0.258 e. The second kappa shape index (κ2) is 8.22. The molecule has 3 rings (SSSR count). The highest BCUT2D eigenvalue weighted by atomic mass is 32.2. The molecule has 0 aliphatic rings. The number of benzene rings is 2. The zero-order valence-corrected chi connectivity index (χ0v) is 16.9. The lowest BCUT2D eigenvalue weighted by Crippen LogP contribution is -2.34. The summed E-state index contributed by atoms with van der Waals surface area (Å²) in [5.74, 6) is 0.284. The number of methoxy groups -OCH3 is 1. The number of hydrogen-bond acceptors (Lipinski definition) is 5. The van der Waals surface area contributed by atoms with E-state index in [-0.39, 0.29) is 36.0 Å². The minimum Gasteiger partial charge on any atom is -0.383 e. The molecule has 0 unspecified atom stereocenters. The lowest BCUT2D eigenvalue weighted by Gasteiger charge is -2.22. The van der Waals surface area contributed by atoms with Crippen molar-refractivity contribution < 1.29 is 13.2 Å². The van der Waals surface area contributed by atoms with Gasteiger partial charge in [0, 0.05) is 13.7 Å². The van der Waals surface area contributed by atoms with Crippen molar-refractivity contribution in [2.45, 2.75) is 25.3 Å². The van der Waals surface area contributed by atoms with E-state index in [2.05, 4.69) is 9.97 Å². The van der Waals surface area contributed by atoms with Crippen LogP contribution >= 0.6 is 0 Å². The van der Waals surface area contributed by atoms with Gasteiger partial charge in [-0.1, -0.05) is 18.2 Å². The summed E-state index contributed by atoms with van der Waals surface area (Å²) in [6.07, 6.45) is 0. The van der Waals surface area contributed by atoms with Gasteiger partial charge in [0.1, 0.15) is 5.82 Å². The van der Waals surface area contributed by atoms with E-state index in [9.17, 15) is 13.2 Å². The van der Waals surface area contributed by atoms with Gasteiger partial charge in [0.15, 0.2) is 0 Å². The molecule has 0 fully saturated rings. The van der Waals surface area contributed by atoms with Crippen LogP contribution in [0.25, 0.3) is 10.9 Å². The summed E-state index contributed by atoms with van der Waals surface area (Å²) in [6, 6.07) is 12.0. The third-order valence-electron chi connectivity index (χ3n) is 4.65. The Labute approximate surface area is 164 Å². The monoisotopic (exact) mass is 401 g/mol. The van der Waals surface area contributed by atoms with Crippen LogP contribution in [-0.4, -0.2) is 43.0 Å². The summed E-state index contributed by atoms with van der Waals surface area (Å²) in [7, 11) is -2.27. The molecule has 3 aromatic rings. The van der Waals surface area contributed by atoms with E-state index in [0.29, 0.717) is 10.9 Å². The number of aromatic amines is 1. The number of ether oxygens (including phenoxy) is 1. The van der Waals surface area contributed by atoms with Gasteiger partial charge in [0.05, 0.1) is 29.0 Å². The number of para-hydroxylation sites is 1. The summed E-state index contributed by atoms with van der Waals surface area (Å²) in [5.41, 5.74) is 2.14. The van der Waals surface area contributed by atoms with E-state index in [0.717, 1.165) is 11.1 Å². The van der Waals surface area contributed by atoms with Gasteiger partial charge >= 0.3 is 0 Å². The van der Waals surface area contributed by atoms with Crippen LogP contribution < -0.4 is 5.56 Å². The van der Waals surface area contributed by atoms with Crippen molar-refractivity contribution in [3.8, 4) is 0 Å². The number of H-pyrrole nitrogens is 1. The first kappa shape index (κ1) is 20.2. The van der Waals surface area contributed by atoms with Crippen LogP contribution in [0.15, 0.2) is 52.2 Å². The molecule has 1 N–H and O–H groups in total. The molecule has 0 spiro atoms. The van der Waals surface area contributed by atoms with Crippen LogP contribution in [0.4, 0.5) is 0 Å². The van der Waals surface area contributed by atoms with E-state index < -0.39 is 10.0 Å². The Kier molecular flexibility index (Phi) is 5.93. The van der Waals surface area contributed by atoms with Gasteiger partial charge in [-0.3, -0.25) is 4.79 Å². The molecular formula is C20H23N3O4S. The van der Waals surface area contributed by atoms with E-state index in [1.54, 1.807) is 42.5 Å². The Morgan fingerprint density at radius 3 is 2.57 bits per heavy atom. The number of fused-ring (bicyclic) bond motifs is 1. The lowest BCUT2D eigenvalue weighted by atomic mass is 10.1. The lowest BCUT2D eigenvalue weighted by molar-refractivity contribution is 0.176. The third kappa shape index (κ3) is 4.14. The van der Waals surface area contributed by atoms with E-state index >= 15 is 0 Å². The van der Waals surface area contributed by atoms with Crippen LogP contribution in [0.5, 0.6) is 0 Å². The quantitative estimate of drug-likeness (QED) is 0.656. The highest BCUT2D eigenvalue weighted by molar-refractivity contribution is 7.89. The first-order valence-corrected chi connectivity index (χ1v) is 10.3. The first-order valence-electron chi connectivity index (χ1n) is 8.87. The van der Waals surface area contributed by atoms with Crippen molar-refractivity contribution in [2.75, 3.05) is 20.3 Å². The van der Waals surface area contributed by atoms with Crippen molar-refractivity contribution in [1.82, 2.24) is 14.3 Å². The van der Waals surface area contributed by atoms with Crippen LogP contribution in [0.3, 0.4) is 0 Å². The summed E-state index contributed by atoms with van der Waals surface area (Å²) in [6.45, 7) is 4.11. The first-order chi connectivity index (χ1) is 13.3. The minimum absolute atomic E-state index is 0.0569. The molecule has 0 aliphatic heterocycles. The number of rotatable bonds is 7. The van der Waals surface area contributed by atoms with E-state index in [1.165, 1.54) is 11.4 Å². The highest BCUT2D eigenvalue weighted by Crippen LogP contribution is 2.20. The van der Waals surface area contributed by atoms with Crippen LogP contribution in [-0.2, 0) is 21.3 Å². The molecule has 28 heavy (non-hydrogen) atoms. The summed E-state index contributed by atoms with van der Waals surface area (Å²) < 4.78 is 32.8. The Bertz CT molecular complexity index is 1160. The molecule has 148 valence electrons. The number of sulfonamides is 1. The molecule has 0 aliphatic carbocycles. The Hall–Kier alpha value is -2.55. The molecule has 0 radical (unpaired) electrons. The van der Waals surface area contributed by atoms with Gasteiger partial charge in [-0.25, -0.2) is 13.4 Å². The van der Waals surface area contributed by atoms with Crippen molar-refractivity contribution in [3.63, 3.8) is 0 Å². The second-order valence-corrected chi connectivity index (χ2v) is 8.55. The summed E-state index contributed by atoms with van der Waals surface area (Å²) in [5, 5.41) is 0.465. The third-order valence-corrected chi connectivity index (χ3v) is 6.49. The maximum Gasteiger partial charge on any atom is 0.258 e. The zero-order valence-electron chi connectivity index (χ0n) is 16.1. The molecule has 0 saturated heterocycles. The van der Waals surface area contributed by atoms with Gasteiger partial charge in [0.25, 0.3) is 5.56 Å². The average Bonchev–Trinajstić information content (AvgIpc) is 2.67. The van der Waals surface area contributed by atoms with Crippen LogP contribution in [0.1, 0.15) is 17.0 Å². The van der Waals surface area contributed by atoms with Crippen molar-refractivity contribution in [1.29, 1.82) is 0 Å². The molecule has 0 saturated carbocycles. The number of aromatic nitrogens is 2. The fourth-order valence-corrected chi connectivity index (χ4v) is 4.35. The second-order valence-electron chi connectivity index (χ2n) is 6.61. The van der Waals surface area contributed by atoms with Gasteiger partial charge in [-0.2, -0.15) is 4.31 Å². The van der Waals surface area contributed by atoms with Gasteiger partial charge in [0.2, 0.25) is 10.0 Å².